The number of fused-ring (bicyclic) bond motifs is 3. The van der Waals surface area contributed by atoms with Gasteiger partial charge in [-0.3, -0.25) is 9.78 Å². The fourth-order valence-corrected chi connectivity index (χ4v) is 3.08. The maximum absolute atomic E-state index is 12.5. The van der Waals surface area contributed by atoms with E-state index in [-0.39, 0.29) is 29.4 Å². The quantitative estimate of drug-likeness (QED) is 0.663. The van der Waals surface area contributed by atoms with E-state index in [1.54, 1.807) is 31.4 Å². The number of hydrogen-bond donors (Lipinski definition) is 1. The molecule has 2 heterocycles. The van der Waals surface area contributed by atoms with Crippen LogP contribution in [0.15, 0.2) is 35.4 Å². The summed E-state index contributed by atoms with van der Waals surface area (Å²) >= 11 is 6.28. The molecule has 0 fully saturated rings. The van der Waals surface area contributed by atoms with Gasteiger partial charge in [-0.15, -0.1) is 0 Å². The molecular formula is C18H17ClF3N3O2. The molecule has 0 saturated carbocycles. The number of pyridine rings is 2. The number of alkyl halides is 3. The van der Waals surface area contributed by atoms with Crippen LogP contribution in [0.5, 0.6) is 5.75 Å². The molecule has 0 saturated heterocycles. The summed E-state index contributed by atoms with van der Waals surface area (Å²) in [5.41, 5.74) is 6.05. The van der Waals surface area contributed by atoms with Gasteiger partial charge in [-0.2, -0.15) is 13.2 Å². The molecular weight excluding hydrogens is 383 g/mol. The summed E-state index contributed by atoms with van der Waals surface area (Å²) in [6.07, 6.45) is -2.40. The molecule has 5 nitrogen and oxygen atoms in total. The summed E-state index contributed by atoms with van der Waals surface area (Å²) in [6, 6.07) is 4.19. The Labute approximate surface area is 157 Å². The molecule has 0 radical (unpaired) electrons. The maximum Gasteiger partial charge on any atom is 0.389 e. The minimum atomic E-state index is -4.26. The Morgan fingerprint density at radius 2 is 2.04 bits per heavy atom. The van der Waals surface area contributed by atoms with Crippen molar-refractivity contribution in [2.45, 2.75) is 25.1 Å². The lowest BCUT2D eigenvalue weighted by molar-refractivity contribution is -0.136. The zero-order valence-corrected chi connectivity index (χ0v) is 15.1. The average molecular weight is 400 g/mol. The Morgan fingerprint density at radius 1 is 1.30 bits per heavy atom. The largest absolute Gasteiger partial charge is 0.490 e. The fraction of sp³-hybridized carbons (Fsp3) is 0.333. The lowest BCUT2D eigenvalue weighted by Crippen LogP contribution is -2.29. The number of halogens is 4. The number of nitrogens with zero attached hydrogens (tertiary/aromatic N) is 2. The summed E-state index contributed by atoms with van der Waals surface area (Å²) in [5, 5.41) is 2.19. The normalized spacial score (nSPS) is 13.3. The Hall–Kier alpha value is -2.32. The van der Waals surface area contributed by atoms with Gasteiger partial charge >= 0.3 is 6.18 Å². The predicted molar refractivity (Wildman–Crippen MR) is 98.3 cm³/mol. The van der Waals surface area contributed by atoms with Crippen molar-refractivity contribution in [1.82, 2.24) is 9.55 Å². The zero-order valence-electron chi connectivity index (χ0n) is 14.4. The van der Waals surface area contributed by atoms with Gasteiger partial charge in [0.15, 0.2) is 0 Å². The van der Waals surface area contributed by atoms with Crippen molar-refractivity contribution in [2.24, 2.45) is 12.8 Å². The van der Waals surface area contributed by atoms with Crippen molar-refractivity contribution in [2.75, 3.05) is 6.61 Å². The highest BCUT2D eigenvalue weighted by Crippen LogP contribution is 2.33. The van der Waals surface area contributed by atoms with E-state index >= 15 is 0 Å². The molecule has 2 N–H and O–H groups in total. The van der Waals surface area contributed by atoms with Crippen molar-refractivity contribution in [3.8, 4) is 5.75 Å². The number of nitrogens with two attached hydrogens (primary N) is 1. The van der Waals surface area contributed by atoms with E-state index in [2.05, 4.69) is 4.98 Å². The molecule has 1 unspecified atom stereocenters. The summed E-state index contributed by atoms with van der Waals surface area (Å²) in [4.78, 5) is 16.5. The van der Waals surface area contributed by atoms with Gasteiger partial charge in [0.1, 0.15) is 12.4 Å². The number of benzene rings is 1. The Morgan fingerprint density at radius 3 is 2.74 bits per heavy atom. The zero-order chi connectivity index (χ0) is 19.8. The standard InChI is InChI=1S/C18H17ClF3N3O2/c1-25-15-7-16(27-9-10(23)2-4-18(20,21)22)14(19)6-12(15)11-3-5-24-8-13(11)17(25)26/h3,5-8,10H,2,4,9,23H2,1H3. The van der Waals surface area contributed by atoms with Crippen LogP contribution in [-0.2, 0) is 7.05 Å². The van der Waals surface area contributed by atoms with E-state index in [1.807, 2.05) is 0 Å². The van der Waals surface area contributed by atoms with Crippen molar-refractivity contribution < 1.29 is 17.9 Å². The molecule has 2 aromatic heterocycles. The van der Waals surface area contributed by atoms with E-state index in [0.717, 1.165) is 5.39 Å². The highest BCUT2D eigenvalue weighted by molar-refractivity contribution is 6.33. The number of aromatic nitrogens is 2. The number of ether oxygens (including phenoxy) is 1. The minimum absolute atomic E-state index is 0.118. The SMILES string of the molecule is Cn1c(=O)c2cnccc2c2cc(Cl)c(OCC(N)CCC(F)(F)F)cc21. The van der Waals surface area contributed by atoms with E-state index in [9.17, 15) is 18.0 Å². The Bertz CT molecular complexity index is 1050. The Balaban J connectivity index is 1.92. The van der Waals surface area contributed by atoms with Crippen LogP contribution in [0.1, 0.15) is 12.8 Å². The van der Waals surface area contributed by atoms with Crippen molar-refractivity contribution >= 4 is 33.3 Å². The monoisotopic (exact) mass is 399 g/mol. The first-order chi connectivity index (χ1) is 12.7. The van der Waals surface area contributed by atoms with E-state index in [1.165, 1.54) is 10.8 Å². The lowest BCUT2D eigenvalue weighted by atomic mass is 10.1. The molecule has 0 spiro atoms. The fourth-order valence-electron chi connectivity index (χ4n) is 2.87. The first kappa shape index (κ1) is 19.4. The summed E-state index contributed by atoms with van der Waals surface area (Å²) in [6.45, 7) is -0.118. The van der Waals surface area contributed by atoms with Crippen LogP contribution in [-0.4, -0.2) is 28.4 Å². The van der Waals surface area contributed by atoms with Crippen LogP contribution in [0.25, 0.3) is 21.7 Å². The van der Waals surface area contributed by atoms with Gasteiger partial charge in [-0.1, -0.05) is 11.6 Å². The third kappa shape index (κ3) is 4.17. The molecule has 0 bridgehead atoms. The molecule has 0 amide bonds. The summed E-state index contributed by atoms with van der Waals surface area (Å²) < 4.78 is 43.8. The molecule has 9 heteroatoms. The molecule has 0 aliphatic carbocycles. The third-order valence-corrected chi connectivity index (χ3v) is 4.60. The second-order valence-electron chi connectivity index (χ2n) is 6.31. The Kier molecular flexibility index (Phi) is 5.30. The van der Waals surface area contributed by atoms with Crippen LogP contribution >= 0.6 is 11.6 Å². The molecule has 144 valence electrons. The highest BCUT2D eigenvalue weighted by Gasteiger charge is 2.27. The van der Waals surface area contributed by atoms with Crippen LogP contribution < -0.4 is 16.0 Å². The molecule has 0 aliphatic rings. The smallest absolute Gasteiger partial charge is 0.389 e. The molecule has 3 rings (SSSR count). The molecule has 3 aromatic rings. The van der Waals surface area contributed by atoms with Crippen molar-refractivity contribution in [1.29, 1.82) is 0 Å². The van der Waals surface area contributed by atoms with Gasteiger partial charge in [0, 0.05) is 43.4 Å². The third-order valence-electron chi connectivity index (χ3n) is 4.31. The van der Waals surface area contributed by atoms with Crippen LogP contribution in [0.2, 0.25) is 5.02 Å². The van der Waals surface area contributed by atoms with Gasteiger partial charge in [0.25, 0.3) is 5.56 Å². The topological polar surface area (TPSA) is 70.1 Å². The summed E-state index contributed by atoms with van der Waals surface area (Å²) in [7, 11) is 1.61. The van der Waals surface area contributed by atoms with Gasteiger partial charge in [0.05, 0.1) is 15.9 Å². The number of rotatable bonds is 5. The maximum atomic E-state index is 12.5. The molecule has 0 aliphatic heterocycles. The minimum Gasteiger partial charge on any atom is -0.490 e. The van der Waals surface area contributed by atoms with E-state index < -0.39 is 18.6 Å². The molecule has 1 aromatic carbocycles. The second-order valence-corrected chi connectivity index (χ2v) is 6.72. The molecule has 27 heavy (non-hydrogen) atoms. The van der Waals surface area contributed by atoms with Gasteiger partial charge < -0.3 is 15.0 Å². The van der Waals surface area contributed by atoms with Gasteiger partial charge in [-0.25, -0.2) is 0 Å². The van der Waals surface area contributed by atoms with Crippen molar-refractivity contribution in [3.05, 3.63) is 46.0 Å². The predicted octanol–water partition coefficient (Wildman–Crippen LogP) is 3.79. The van der Waals surface area contributed by atoms with Gasteiger partial charge in [-0.05, 0) is 23.9 Å². The first-order valence-electron chi connectivity index (χ1n) is 8.18. The number of hydrogen-bond acceptors (Lipinski definition) is 4. The van der Waals surface area contributed by atoms with Crippen LogP contribution in [0.3, 0.4) is 0 Å². The lowest BCUT2D eigenvalue weighted by Gasteiger charge is -2.16. The van der Waals surface area contributed by atoms with Gasteiger partial charge in [0.2, 0.25) is 0 Å². The first-order valence-corrected chi connectivity index (χ1v) is 8.56. The molecule has 1 atom stereocenters. The van der Waals surface area contributed by atoms with Crippen molar-refractivity contribution in [3.63, 3.8) is 0 Å². The number of aryl methyl sites for hydroxylation is 1. The average Bonchev–Trinajstić information content (AvgIpc) is 2.62. The van der Waals surface area contributed by atoms with E-state index in [4.69, 9.17) is 22.1 Å². The summed E-state index contributed by atoms with van der Waals surface area (Å²) in [5.74, 6) is 0.259. The van der Waals surface area contributed by atoms with Crippen LogP contribution in [0, 0.1) is 0 Å². The van der Waals surface area contributed by atoms with Crippen LogP contribution in [0.4, 0.5) is 13.2 Å². The second kappa shape index (κ2) is 7.36. The highest BCUT2D eigenvalue weighted by atomic mass is 35.5. The van der Waals surface area contributed by atoms with E-state index in [0.29, 0.717) is 16.3 Å².